The maximum absolute atomic E-state index is 11.7. The maximum Gasteiger partial charge on any atom is 0.267 e. The van der Waals surface area contributed by atoms with Gasteiger partial charge in [-0.1, -0.05) is 0 Å². The highest BCUT2D eigenvalue weighted by Crippen LogP contribution is 2.28. The van der Waals surface area contributed by atoms with E-state index < -0.39 is 0 Å². The number of nitrogens with one attached hydrogen (secondary N) is 1. The van der Waals surface area contributed by atoms with E-state index in [1.54, 1.807) is 29.8 Å². The highest BCUT2D eigenvalue weighted by molar-refractivity contribution is 9.10. The smallest absolute Gasteiger partial charge is 0.267 e. The lowest BCUT2D eigenvalue weighted by atomic mass is 10.2. The van der Waals surface area contributed by atoms with E-state index in [0.717, 1.165) is 15.4 Å². The lowest BCUT2D eigenvalue weighted by Crippen LogP contribution is -2.20. The third-order valence-corrected chi connectivity index (χ3v) is 3.28. The molecule has 1 heterocycles. The average Bonchev–Trinajstić information content (AvgIpc) is 2.66. The van der Waals surface area contributed by atoms with E-state index in [-0.39, 0.29) is 5.91 Å². The number of hydrogen-bond donors (Lipinski definition) is 1. The summed E-state index contributed by atoms with van der Waals surface area (Å²) in [5.74, 6) is -0.144. The van der Waals surface area contributed by atoms with Gasteiger partial charge >= 0.3 is 0 Å². The Hall–Kier alpha value is -1.80. The molecule has 0 saturated heterocycles. The van der Waals surface area contributed by atoms with Gasteiger partial charge in [-0.15, -0.1) is 0 Å². The number of benzene rings is 1. The highest BCUT2D eigenvalue weighted by atomic mass is 79.9. The molecule has 0 fully saturated rings. The Kier molecular flexibility index (Phi) is 2.90. The van der Waals surface area contributed by atoms with Gasteiger partial charge in [0, 0.05) is 24.0 Å². The van der Waals surface area contributed by atoms with Crippen molar-refractivity contribution >= 4 is 32.7 Å². The summed E-state index contributed by atoms with van der Waals surface area (Å²) in [6.45, 7) is 0. The molecule has 4 nitrogen and oxygen atoms in total. The fraction of sp³-hybridized carbons (Fsp3) is 0.167. The summed E-state index contributed by atoms with van der Waals surface area (Å²) in [4.78, 5) is 11.7. The van der Waals surface area contributed by atoms with E-state index in [9.17, 15) is 4.79 Å². The van der Waals surface area contributed by atoms with Crippen LogP contribution in [0.25, 0.3) is 10.9 Å². The van der Waals surface area contributed by atoms with Gasteiger partial charge in [0.2, 0.25) is 0 Å². The first-order chi connectivity index (χ1) is 8.08. The molecule has 1 N–H and O–H groups in total. The molecule has 1 amide bonds. The van der Waals surface area contributed by atoms with Crippen molar-refractivity contribution in [3.05, 3.63) is 33.9 Å². The van der Waals surface area contributed by atoms with Gasteiger partial charge in [-0.3, -0.25) is 4.79 Å². The third kappa shape index (κ3) is 1.81. The predicted octanol–water partition coefficient (Wildman–Crippen LogP) is 2.17. The number of carbonyl (C=O) groups is 1. The number of nitriles is 1. The largest absolute Gasteiger partial charge is 0.354 e. The summed E-state index contributed by atoms with van der Waals surface area (Å²) >= 11 is 3.42. The molecule has 86 valence electrons. The van der Waals surface area contributed by atoms with Crippen LogP contribution in [0.15, 0.2) is 22.7 Å². The summed E-state index contributed by atoms with van der Waals surface area (Å²) in [7, 11) is 3.42. The molecule has 0 radical (unpaired) electrons. The van der Waals surface area contributed by atoms with Crippen LogP contribution in [0.4, 0.5) is 0 Å². The van der Waals surface area contributed by atoms with Crippen molar-refractivity contribution in [2.75, 3.05) is 7.05 Å². The first-order valence-corrected chi connectivity index (χ1v) is 5.79. The van der Waals surface area contributed by atoms with Crippen LogP contribution >= 0.6 is 15.9 Å². The molecule has 0 saturated carbocycles. The number of halogens is 1. The van der Waals surface area contributed by atoms with E-state index in [1.165, 1.54) is 0 Å². The van der Waals surface area contributed by atoms with Crippen molar-refractivity contribution in [2.45, 2.75) is 0 Å². The van der Waals surface area contributed by atoms with Crippen LogP contribution in [0.2, 0.25) is 0 Å². The molecule has 0 aliphatic rings. The molecule has 2 rings (SSSR count). The van der Waals surface area contributed by atoms with Gasteiger partial charge in [0.25, 0.3) is 5.91 Å². The summed E-state index contributed by atoms with van der Waals surface area (Å²) in [5, 5.41) is 12.4. The fourth-order valence-corrected chi connectivity index (χ4v) is 2.60. The molecule has 17 heavy (non-hydrogen) atoms. The van der Waals surface area contributed by atoms with E-state index >= 15 is 0 Å². The quantitative estimate of drug-likeness (QED) is 0.875. The van der Waals surface area contributed by atoms with Gasteiger partial charge in [-0.05, 0) is 34.1 Å². The minimum absolute atomic E-state index is 0.144. The fourth-order valence-electron chi connectivity index (χ4n) is 1.86. The van der Waals surface area contributed by atoms with E-state index in [1.807, 2.05) is 7.05 Å². The number of amides is 1. The van der Waals surface area contributed by atoms with Gasteiger partial charge in [0.1, 0.15) is 5.69 Å². The number of fused-ring (bicyclic) bond motifs is 1. The van der Waals surface area contributed by atoms with Gasteiger partial charge in [-0.2, -0.15) is 5.26 Å². The summed E-state index contributed by atoms with van der Waals surface area (Å²) in [6, 6.07) is 7.39. The second-order valence-electron chi connectivity index (χ2n) is 3.68. The van der Waals surface area contributed by atoms with Crippen LogP contribution in [-0.2, 0) is 7.05 Å². The van der Waals surface area contributed by atoms with Crippen molar-refractivity contribution in [3.63, 3.8) is 0 Å². The summed E-state index contributed by atoms with van der Waals surface area (Å²) in [6.07, 6.45) is 0. The number of aromatic nitrogens is 1. The first kappa shape index (κ1) is 11.7. The zero-order valence-corrected chi connectivity index (χ0v) is 11.0. The van der Waals surface area contributed by atoms with Crippen LogP contribution in [0.3, 0.4) is 0 Å². The molecular formula is C12H10BrN3O. The minimum atomic E-state index is -0.144. The maximum atomic E-state index is 11.7. The normalized spacial score (nSPS) is 10.2. The molecule has 0 bridgehead atoms. The van der Waals surface area contributed by atoms with Crippen LogP contribution in [0, 0.1) is 11.3 Å². The molecular weight excluding hydrogens is 282 g/mol. The Morgan fingerprint density at radius 3 is 2.76 bits per heavy atom. The molecule has 0 aliphatic carbocycles. The zero-order valence-electron chi connectivity index (χ0n) is 9.41. The molecule has 2 aromatic rings. The lowest BCUT2D eigenvalue weighted by Gasteiger charge is -2.03. The molecule has 0 unspecified atom stereocenters. The molecule has 1 aromatic heterocycles. The standard InChI is InChI=1S/C12H10BrN3O/c1-15-12(17)10-5-8-3-7(6-14)4-9(13)11(8)16(10)2/h3-5H,1-2H3,(H,15,17). The predicted molar refractivity (Wildman–Crippen MR) is 68.7 cm³/mol. The molecule has 0 aliphatic heterocycles. The zero-order chi connectivity index (χ0) is 12.6. The Morgan fingerprint density at radius 1 is 1.47 bits per heavy atom. The van der Waals surface area contributed by atoms with Gasteiger partial charge in [0.05, 0.1) is 17.1 Å². The molecule has 0 spiro atoms. The van der Waals surface area contributed by atoms with Crippen LogP contribution < -0.4 is 5.32 Å². The van der Waals surface area contributed by atoms with Crippen molar-refractivity contribution < 1.29 is 4.79 Å². The van der Waals surface area contributed by atoms with E-state index in [4.69, 9.17) is 5.26 Å². The number of nitrogens with zero attached hydrogens (tertiary/aromatic N) is 2. The number of hydrogen-bond acceptors (Lipinski definition) is 2. The van der Waals surface area contributed by atoms with E-state index in [2.05, 4.69) is 27.3 Å². The number of rotatable bonds is 1. The average molecular weight is 292 g/mol. The molecule has 1 aromatic carbocycles. The number of carbonyl (C=O) groups excluding carboxylic acids is 1. The lowest BCUT2D eigenvalue weighted by molar-refractivity contribution is 0.0955. The third-order valence-electron chi connectivity index (χ3n) is 2.67. The Balaban J connectivity index is 2.78. The van der Waals surface area contributed by atoms with Gasteiger partial charge < -0.3 is 9.88 Å². The van der Waals surface area contributed by atoms with E-state index in [0.29, 0.717) is 11.3 Å². The Bertz CT molecular complexity index is 652. The molecule has 5 heteroatoms. The Labute approximate surface area is 107 Å². The summed E-state index contributed by atoms with van der Waals surface area (Å²) < 4.78 is 2.61. The number of aryl methyl sites for hydroxylation is 1. The SMILES string of the molecule is CNC(=O)c1cc2cc(C#N)cc(Br)c2n1C. The topological polar surface area (TPSA) is 57.8 Å². The van der Waals surface area contributed by atoms with Crippen molar-refractivity contribution in [2.24, 2.45) is 7.05 Å². The van der Waals surface area contributed by atoms with Crippen LogP contribution in [-0.4, -0.2) is 17.5 Å². The van der Waals surface area contributed by atoms with Gasteiger partial charge in [0.15, 0.2) is 0 Å². The summed E-state index contributed by atoms with van der Waals surface area (Å²) in [5.41, 5.74) is 2.04. The van der Waals surface area contributed by atoms with Crippen LogP contribution in [0.5, 0.6) is 0 Å². The monoisotopic (exact) mass is 291 g/mol. The first-order valence-electron chi connectivity index (χ1n) is 4.99. The minimum Gasteiger partial charge on any atom is -0.354 e. The van der Waals surface area contributed by atoms with Crippen LogP contribution in [0.1, 0.15) is 16.1 Å². The molecule has 0 atom stereocenters. The second kappa shape index (κ2) is 4.22. The van der Waals surface area contributed by atoms with Gasteiger partial charge in [-0.25, -0.2) is 0 Å². The second-order valence-corrected chi connectivity index (χ2v) is 4.53. The van der Waals surface area contributed by atoms with Crippen molar-refractivity contribution in [1.29, 1.82) is 5.26 Å². The Morgan fingerprint density at radius 2 is 2.18 bits per heavy atom. The van der Waals surface area contributed by atoms with Crippen molar-refractivity contribution in [3.8, 4) is 6.07 Å². The highest BCUT2D eigenvalue weighted by Gasteiger charge is 2.14. The van der Waals surface area contributed by atoms with Crippen molar-refractivity contribution in [1.82, 2.24) is 9.88 Å².